The van der Waals surface area contributed by atoms with Gasteiger partial charge in [0.1, 0.15) is 5.65 Å². The zero-order valence-corrected chi connectivity index (χ0v) is 7.28. The number of aryl methyl sites for hydroxylation is 2. The predicted octanol–water partition coefficient (Wildman–Crippen LogP) is 0.440. The van der Waals surface area contributed by atoms with E-state index in [4.69, 9.17) is 5.73 Å². The molecular formula is C8H12N4. The maximum atomic E-state index is 5.62. The SMILES string of the molecule is Cc1nn2ccn(C)c2c1CN. The molecule has 2 rings (SSSR count). The first-order valence-corrected chi connectivity index (χ1v) is 3.93. The van der Waals surface area contributed by atoms with Crippen molar-refractivity contribution in [3.8, 4) is 0 Å². The van der Waals surface area contributed by atoms with Crippen LogP contribution in [-0.4, -0.2) is 14.2 Å². The third-order valence-corrected chi connectivity index (χ3v) is 2.15. The quantitative estimate of drug-likeness (QED) is 0.664. The molecule has 2 heterocycles. The molecule has 0 aliphatic carbocycles. The largest absolute Gasteiger partial charge is 0.334 e. The average Bonchev–Trinajstić information content (AvgIpc) is 2.52. The Kier molecular flexibility index (Phi) is 1.44. The molecule has 0 unspecified atom stereocenters. The Morgan fingerprint density at radius 1 is 1.50 bits per heavy atom. The van der Waals surface area contributed by atoms with E-state index in [-0.39, 0.29) is 0 Å². The number of aromatic nitrogens is 3. The van der Waals surface area contributed by atoms with E-state index < -0.39 is 0 Å². The third-order valence-electron chi connectivity index (χ3n) is 2.15. The highest BCUT2D eigenvalue weighted by Crippen LogP contribution is 2.13. The predicted molar refractivity (Wildman–Crippen MR) is 46.8 cm³/mol. The molecule has 64 valence electrons. The molecule has 0 saturated carbocycles. The second-order valence-electron chi connectivity index (χ2n) is 2.95. The number of nitrogens with zero attached hydrogens (tertiary/aromatic N) is 3. The normalized spacial score (nSPS) is 11.2. The topological polar surface area (TPSA) is 48.2 Å². The Labute approximate surface area is 70.6 Å². The fourth-order valence-electron chi connectivity index (χ4n) is 1.52. The van der Waals surface area contributed by atoms with E-state index in [9.17, 15) is 0 Å². The molecule has 4 heteroatoms. The van der Waals surface area contributed by atoms with Crippen molar-refractivity contribution in [3.63, 3.8) is 0 Å². The lowest BCUT2D eigenvalue weighted by Gasteiger charge is -1.95. The van der Waals surface area contributed by atoms with Gasteiger partial charge in [0.25, 0.3) is 0 Å². The molecule has 0 bridgehead atoms. The molecule has 12 heavy (non-hydrogen) atoms. The number of hydrogen-bond donors (Lipinski definition) is 1. The van der Waals surface area contributed by atoms with Gasteiger partial charge in [-0.3, -0.25) is 0 Å². The summed E-state index contributed by atoms with van der Waals surface area (Å²) in [5.74, 6) is 0. The molecule has 0 amide bonds. The average molecular weight is 164 g/mol. The van der Waals surface area contributed by atoms with Crippen molar-refractivity contribution in [2.75, 3.05) is 0 Å². The van der Waals surface area contributed by atoms with Crippen molar-refractivity contribution in [2.45, 2.75) is 13.5 Å². The van der Waals surface area contributed by atoms with Crippen molar-refractivity contribution in [3.05, 3.63) is 23.7 Å². The minimum Gasteiger partial charge on any atom is -0.334 e. The highest BCUT2D eigenvalue weighted by atomic mass is 15.3. The molecule has 0 radical (unpaired) electrons. The van der Waals surface area contributed by atoms with Gasteiger partial charge in [0.05, 0.1) is 5.69 Å². The van der Waals surface area contributed by atoms with Gasteiger partial charge >= 0.3 is 0 Å². The molecule has 2 N–H and O–H groups in total. The Morgan fingerprint density at radius 3 is 2.92 bits per heavy atom. The summed E-state index contributed by atoms with van der Waals surface area (Å²) in [7, 11) is 2.00. The van der Waals surface area contributed by atoms with Crippen LogP contribution in [0.4, 0.5) is 0 Å². The number of imidazole rings is 1. The summed E-state index contributed by atoms with van der Waals surface area (Å²) in [6, 6.07) is 0. The molecule has 0 aromatic carbocycles. The van der Waals surface area contributed by atoms with E-state index in [2.05, 4.69) is 5.10 Å². The fourth-order valence-corrected chi connectivity index (χ4v) is 1.52. The zero-order chi connectivity index (χ0) is 8.72. The van der Waals surface area contributed by atoms with E-state index in [1.54, 1.807) is 0 Å². The van der Waals surface area contributed by atoms with E-state index in [0.29, 0.717) is 6.54 Å². The maximum absolute atomic E-state index is 5.62. The molecule has 0 spiro atoms. The molecule has 0 fully saturated rings. The summed E-state index contributed by atoms with van der Waals surface area (Å²) in [6.07, 6.45) is 3.91. The first kappa shape index (κ1) is 7.36. The molecule has 0 atom stereocenters. The third kappa shape index (κ3) is 0.783. The van der Waals surface area contributed by atoms with Gasteiger partial charge in [0.15, 0.2) is 0 Å². The van der Waals surface area contributed by atoms with Crippen molar-refractivity contribution < 1.29 is 0 Å². The lowest BCUT2D eigenvalue weighted by molar-refractivity contribution is 0.916. The van der Waals surface area contributed by atoms with Gasteiger partial charge in [-0.25, -0.2) is 4.52 Å². The summed E-state index contributed by atoms with van der Waals surface area (Å²) in [4.78, 5) is 0. The monoisotopic (exact) mass is 164 g/mol. The Bertz CT molecular complexity index is 410. The summed E-state index contributed by atoms with van der Waals surface area (Å²) >= 11 is 0. The van der Waals surface area contributed by atoms with Gasteiger partial charge in [0.2, 0.25) is 0 Å². The van der Waals surface area contributed by atoms with E-state index in [1.807, 2.05) is 35.4 Å². The fraction of sp³-hybridized carbons (Fsp3) is 0.375. The molecule has 4 nitrogen and oxygen atoms in total. The minimum absolute atomic E-state index is 0.549. The van der Waals surface area contributed by atoms with Crippen LogP contribution in [0.5, 0.6) is 0 Å². The van der Waals surface area contributed by atoms with Crippen molar-refractivity contribution in [2.24, 2.45) is 12.8 Å². The van der Waals surface area contributed by atoms with Crippen LogP contribution < -0.4 is 5.73 Å². The van der Waals surface area contributed by atoms with Crippen LogP contribution in [0.3, 0.4) is 0 Å². The molecule has 2 aromatic rings. The van der Waals surface area contributed by atoms with E-state index >= 15 is 0 Å². The lowest BCUT2D eigenvalue weighted by atomic mass is 10.2. The molecule has 2 aromatic heterocycles. The standard InChI is InChI=1S/C8H12N4/c1-6-7(5-9)8-11(2)3-4-12(8)10-6/h3-4H,5,9H2,1-2H3. The van der Waals surface area contributed by atoms with Crippen molar-refractivity contribution >= 4 is 5.65 Å². The van der Waals surface area contributed by atoms with Gasteiger partial charge in [-0.2, -0.15) is 5.10 Å². The highest BCUT2D eigenvalue weighted by molar-refractivity contribution is 5.51. The number of rotatable bonds is 1. The Balaban J connectivity index is 2.84. The maximum Gasteiger partial charge on any atom is 0.140 e. The number of fused-ring (bicyclic) bond motifs is 1. The minimum atomic E-state index is 0.549. The first-order valence-electron chi connectivity index (χ1n) is 3.93. The highest BCUT2D eigenvalue weighted by Gasteiger charge is 2.09. The van der Waals surface area contributed by atoms with Gasteiger partial charge in [-0.15, -0.1) is 0 Å². The number of hydrogen-bond acceptors (Lipinski definition) is 2. The van der Waals surface area contributed by atoms with Crippen LogP contribution in [0.1, 0.15) is 11.3 Å². The van der Waals surface area contributed by atoms with Gasteiger partial charge < -0.3 is 10.3 Å². The second kappa shape index (κ2) is 2.35. The van der Waals surface area contributed by atoms with Gasteiger partial charge in [0, 0.05) is 31.5 Å². The van der Waals surface area contributed by atoms with Gasteiger partial charge in [-0.05, 0) is 6.92 Å². The van der Waals surface area contributed by atoms with Gasteiger partial charge in [-0.1, -0.05) is 0 Å². The molecular weight excluding hydrogens is 152 g/mol. The smallest absolute Gasteiger partial charge is 0.140 e. The van der Waals surface area contributed by atoms with Crippen LogP contribution in [0, 0.1) is 6.92 Å². The second-order valence-corrected chi connectivity index (χ2v) is 2.95. The van der Waals surface area contributed by atoms with Crippen LogP contribution >= 0.6 is 0 Å². The van der Waals surface area contributed by atoms with E-state index in [1.165, 1.54) is 0 Å². The lowest BCUT2D eigenvalue weighted by Crippen LogP contribution is -1.99. The van der Waals surface area contributed by atoms with Crippen LogP contribution in [0.2, 0.25) is 0 Å². The van der Waals surface area contributed by atoms with Crippen molar-refractivity contribution in [1.82, 2.24) is 14.2 Å². The molecule has 0 saturated heterocycles. The Hall–Kier alpha value is -1.29. The first-order chi connectivity index (χ1) is 5.74. The molecule has 0 aliphatic heterocycles. The Morgan fingerprint density at radius 2 is 2.25 bits per heavy atom. The van der Waals surface area contributed by atoms with Crippen LogP contribution in [0.25, 0.3) is 5.65 Å². The van der Waals surface area contributed by atoms with Crippen molar-refractivity contribution in [1.29, 1.82) is 0 Å². The summed E-state index contributed by atoms with van der Waals surface area (Å²) in [6.45, 7) is 2.53. The molecule has 0 aliphatic rings. The summed E-state index contributed by atoms with van der Waals surface area (Å²) < 4.78 is 3.89. The number of nitrogens with two attached hydrogens (primary N) is 1. The van der Waals surface area contributed by atoms with Crippen LogP contribution in [0.15, 0.2) is 12.4 Å². The summed E-state index contributed by atoms with van der Waals surface area (Å²) in [5.41, 5.74) is 8.86. The van der Waals surface area contributed by atoms with E-state index in [0.717, 1.165) is 16.9 Å². The summed E-state index contributed by atoms with van der Waals surface area (Å²) in [5, 5.41) is 4.32. The van der Waals surface area contributed by atoms with Crippen LogP contribution in [-0.2, 0) is 13.6 Å². The zero-order valence-electron chi connectivity index (χ0n) is 7.28.